The minimum atomic E-state index is -0.315. The van der Waals surface area contributed by atoms with Crippen molar-refractivity contribution in [3.63, 3.8) is 0 Å². The van der Waals surface area contributed by atoms with Crippen LogP contribution in [0.2, 0.25) is 0 Å². The van der Waals surface area contributed by atoms with E-state index in [1.54, 1.807) is 19.1 Å². The minimum absolute atomic E-state index is 0.227. The molecule has 0 atom stereocenters. The van der Waals surface area contributed by atoms with E-state index >= 15 is 0 Å². The fourth-order valence-corrected chi connectivity index (χ4v) is 2.84. The van der Waals surface area contributed by atoms with Gasteiger partial charge in [-0.05, 0) is 43.4 Å². The molecule has 1 aromatic carbocycles. The zero-order valence-corrected chi connectivity index (χ0v) is 14.2. The van der Waals surface area contributed by atoms with Crippen LogP contribution in [0.3, 0.4) is 0 Å². The molecule has 2 rings (SSSR count). The quantitative estimate of drug-likeness (QED) is 0.508. The molecule has 0 aromatic heterocycles. The summed E-state index contributed by atoms with van der Waals surface area (Å²) < 4.78 is 4.96. The lowest BCUT2D eigenvalue weighted by molar-refractivity contribution is -0.904. The largest absolute Gasteiger partial charge is 0.462 e. The van der Waals surface area contributed by atoms with Crippen molar-refractivity contribution in [3.05, 3.63) is 29.8 Å². The highest BCUT2D eigenvalue weighted by atomic mass is 32.1. The van der Waals surface area contributed by atoms with Gasteiger partial charge in [-0.3, -0.25) is 0 Å². The molecule has 0 aliphatic carbocycles. The highest BCUT2D eigenvalue weighted by molar-refractivity contribution is 7.80. The molecule has 1 aromatic rings. The van der Waals surface area contributed by atoms with E-state index in [0.717, 1.165) is 38.4 Å². The average Bonchev–Trinajstić information content (AvgIpc) is 2.56. The molecular formula is C16H24N3O3S+. The van der Waals surface area contributed by atoms with Crippen LogP contribution in [0.1, 0.15) is 17.3 Å². The number of hydrogen-bond acceptors (Lipinski definition) is 4. The number of quaternary nitrogens is 1. The topological polar surface area (TPSA) is 66.2 Å². The Kier molecular flexibility index (Phi) is 6.76. The van der Waals surface area contributed by atoms with Crippen molar-refractivity contribution in [3.8, 4) is 0 Å². The number of carbonyl (C=O) groups excluding carboxylic acids is 1. The fourth-order valence-electron chi connectivity index (χ4n) is 2.54. The van der Waals surface area contributed by atoms with Crippen molar-refractivity contribution < 1.29 is 19.5 Å². The highest BCUT2D eigenvalue weighted by Gasteiger charge is 2.21. The molecule has 7 heteroatoms. The number of benzene rings is 1. The average molecular weight is 338 g/mol. The van der Waals surface area contributed by atoms with Crippen LogP contribution in [0.15, 0.2) is 24.3 Å². The maximum Gasteiger partial charge on any atom is 0.338 e. The molecule has 3 N–H and O–H groups in total. The Morgan fingerprint density at radius 1 is 1.35 bits per heavy atom. The molecule has 0 amide bonds. The lowest BCUT2D eigenvalue weighted by Crippen LogP contribution is -3.15. The second-order valence-electron chi connectivity index (χ2n) is 5.44. The Morgan fingerprint density at radius 3 is 2.57 bits per heavy atom. The molecule has 0 saturated carbocycles. The molecule has 0 radical (unpaired) electrons. The first-order chi connectivity index (χ1) is 11.1. The molecule has 1 saturated heterocycles. The standard InChI is InChI=1S/C16H23N3O3S/c1-2-22-15(21)13-3-5-14(6-4-13)17-16(23)19-9-7-18(8-10-19)11-12-20/h3-6,20H,2,7-12H2,1H3,(H,17,23)/p+1. The third kappa shape index (κ3) is 5.16. The van der Waals surface area contributed by atoms with Crippen molar-refractivity contribution in [2.24, 2.45) is 0 Å². The summed E-state index contributed by atoms with van der Waals surface area (Å²) in [5.74, 6) is -0.315. The van der Waals surface area contributed by atoms with Gasteiger partial charge in [-0.15, -0.1) is 0 Å². The zero-order valence-electron chi connectivity index (χ0n) is 13.4. The zero-order chi connectivity index (χ0) is 16.7. The van der Waals surface area contributed by atoms with Crippen molar-refractivity contribution in [1.82, 2.24) is 4.90 Å². The minimum Gasteiger partial charge on any atom is -0.462 e. The first-order valence-corrected chi connectivity index (χ1v) is 8.32. The Balaban J connectivity index is 1.85. The molecule has 0 spiro atoms. The van der Waals surface area contributed by atoms with E-state index in [1.165, 1.54) is 4.90 Å². The molecule has 0 bridgehead atoms. The number of rotatable bonds is 5. The van der Waals surface area contributed by atoms with Crippen LogP contribution < -0.4 is 10.2 Å². The number of piperazine rings is 1. The van der Waals surface area contributed by atoms with Crippen LogP contribution in [0.5, 0.6) is 0 Å². The molecule has 1 heterocycles. The summed E-state index contributed by atoms with van der Waals surface area (Å²) >= 11 is 5.45. The van der Waals surface area contributed by atoms with E-state index < -0.39 is 0 Å². The number of ether oxygens (including phenoxy) is 1. The number of nitrogens with zero attached hydrogens (tertiary/aromatic N) is 1. The SMILES string of the molecule is CCOC(=O)c1ccc(NC(=S)N2CC[NH+](CCO)CC2)cc1. The lowest BCUT2D eigenvalue weighted by Gasteiger charge is -2.33. The molecule has 23 heavy (non-hydrogen) atoms. The summed E-state index contributed by atoms with van der Waals surface area (Å²) in [5.41, 5.74) is 1.39. The number of thiocarbonyl (C=S) groups is 1. The van der Waals surface area contributed by atoms with Crippen LogP contribution in [0.25, 0.3) is 0 Å². The Hall–Kier alpha value is -1.70. The summed E-state index contributed by atoms with van der Waals surface area (Å²) in [5, 5.41) is 12.9. The Morgan fingerprint density at radius 2 is 2.00 bits per heavy atom. The van der Waals surface area contributed by atoms with E-state index in [-0.39, 0.29) is 12.6 Å². The van der Waals surface area contributed by atoms with Crippen molar-refractivity contribution in [2.45, 2.75) is 6.92 Å². The monoisotopic (exact) mass is 338 g/mol. The van der Waals surface area contributed by atoms with Crippen LogP contribution in [-0.2, 0) is 4.74 Å². The third-order valence-electron chi connectivity index (χ3n) is 3.87. The van der Waals surface area contributed by atoms with Crippen LogP contribution in [0, 0.1) is 0 Å². The van der Waals surface area contributed by atoms with Gasteiger partial charge in [0, 0.05) is 5.69 Å². The fraction of sp³-hybridized carbons (Fsp3) is 0.500. The number of carbonyl (C=O) groups is 1. The lowest BCUT2D eigenvalue weighted by atomic mass is 10.2. The summed E-state index contributed by atoms with van der Waals surface area (Å²) in [6, 6.07) is 7.11. The third-order valence-corrected chi connectivity index (χ3v) is 4.23. The van der Waals surface area contributed by atoms with Crippen LogP contribution >= 0.6 is 12.2 Å². The molecular weight excluding hydrogens is 314 g/mol. The summed E-state index contributed by atoms with van der Waals surface area (Å²) in [4.78, 5) is 15.2. The number of hydrogen-bond donors (Lipinski definition) is 3. The van der Waals surface area contributed by atoms with Gasteiger partial charge >= 0.3 is 5.97 Å². The number of esters is 1. The molecule has 1 aliphatic rings. The summed E-state index contributed by atoms with van der Waals surface area (Å²) in [6.45, 7) is 6.88. The van der Waals surface area contributed by atoms with Gasteiger partial charge in [0.2, 0.25) is 0 Å². The second kappa shape index (κ2) is 8.81. The Bertz CT molecular complexity index is 528. The summed E-state index contributed by atoms with van der Waals surface area (Å²) in [7, 11) is 0. The molecule has 1 fully saturated rings. The molecule has 0 unspecified atom stereocenters. The van der Waals surface area contributed by atoms with Crippen molar-refractivity contribution in [1.29, 1.82) is 0 Å². The molecule has 126 valence electrons. The smallest absolute Gasteiger partial charge is 0.338 e. The normalized spacial score (nSPS) is 15.3. The predicted octanol–water partition coefficient (Wildman–Crippen LogP) is -0.247. The van der Waals surface area contributed by atoms with Gasteiger partial charge in [0.15, 0.2) is 5.11 Å². The van der Waals surface area contributed by atoms with Crippen molar-refractivity contribution >= 4 is 29.0 Å². The van der Waals surface area contributed by atoms with Gasteiger partial charge in [0.1, 0.15) is 6.54 Å². The van der Waals surface area contributed by atoms with Crippen LogP contribution in [0.4, 0.5) is 5.69 Å². The molecule has 6 nitrogen and oxygen atoms in total. The predicted molar refractivity (Wildman–Crippen MR) is 92.8 cm³/mol. The van der Waals surface area contributed by atoms with Gasteiger partial charge in [-0.2, -0.15) is 0 Å². The van der Waals surface area contributed by atoms with E-state index in [0.29, 0.717) is 17.3 Å². The van der Waals surface area contributed by atoms with E-state index in [2.05, 4.69) is 10.2 Å². The van der Waals surface area contributed by atoms with Crippen LogP contribution in [-0.4, -0.2) is 67.0 Å². The number of nitrogens with one attached hydrogen (secondary N) is 2. The first-order valence-electron chi connectivity index (χ1n) is 7.91. The second-order valence-corrected chi connectivity index (χ2v) is 5.83. The van der Waals surface area contributed by atoms with Gasteiger partial charge in [0.25, 0.3) is 0 Å². The van der Waals surface area contributed by atoms with Gasteiger partial charge < -0.3 is 25.0 Å². The van der Waals surface area contributed by atoms with Gasteiger partial charge in [-0.25, -0.2) is 4.79 Å². The van der Waals surface area contributed by atoms with E-state index in [1.807, 2.05) is 12.1 Å². The molecule has 1 aliphatic heterocycles. The van der Waals surface area contributed by atoms with E-state index in [9.17, 15) is 4.79 Å². The van der Waals surface area contributed by atoms with Crippen molar-refractivity contribution in [2.75, 3.05) is 51.3 Å². The maximum absolute atomic E-state index is 11.6. The van der Waals surface area contributed by atoms with Gasteiger partial charge in [0.05, 0.1) is 45.0 Å². The number of aliphatic hydroxyl groups excluding tert-OH is 1. The van der Waals surface area contributed by atoms with E-state index in [4.69, 9.17) is 22.1 Å². The highest BCUT2D eigenvalue weighted by Crippen LogP contribution is 2.11. The number of anilines is 1. The van der Waals surface area contributed by atoms with Gasteiger partial charge in [-0.1, -0.05) is 0 Å². The first kappa shape index (κ1) is 17.7. The Labute approximate surface area is 142 Å². The number of aliphatic hydroxyl groups is 1. The summed E-state index contributed by atoms with van der Waals surface area (Å²) in [6.07, 6.45) is 0. The maximum atomic E-state index is 11.6.